The van der Waals surface area contributed by atoms with Crippen LogP contribution in [0.4, 0.5) is 5.69 Å². The number of carbonyl (C=O) groups is 1. The van der Waals surface area contributed by atoms with Gasteiger partial charge in [-0.3, -0.25) is 4.79 Å². The Labute approximate surface area is 128 Å². The van der Waals surface area contributed by atoms with Crippen LogP contribution in [-0.4, -0.2) is 12.5 Å². The van der Waals surface area contributed by atoms with E-state index < -0.39 is 0 Å². The van der Waals surface area contributed by atoms with Crippen LogP contribution in [0.1, 0.15) is 11.1 Å². The van der Waals surface area contributed by atoms with E-state index in [2.05, 4.69) is 5.32 Å². The fourth-order valence-electron chi connectivity index (χ4n) is 1.92. The molecule has 2 aromatic carbocycles. The molecule has 4 nitrogen and oxygen atoms in total. The molecule has 0 bridgehead atoms. The normalized spacial score (nSPS) is 10.2. The average Bonchev–Trinajstić information content (AvgIpc) is 2.47. The first-order valence-corrected chi connectivity index (χ1v) is 6.94. The molecule has 110 valence electrons. The average molecular weight is 305 g/mol. The number of anilines is 1. The lowest BCUT2D eigenvalue weighted by atomic mass is 10.2. The summed E-state index contributed by atoms with van der Waals surface area (Å²) < 4.78 is 5.50. The van der Waals surface area contributed by atoms with Gasteiger partial charge in [0, 0.05) is 17.3 Å². The van der Waals surface area contributed by atoms with Crippen LogP contribution in [0.3, 0.4) is 0 Å². The van der Waals surface area contributed by atoms with Crippen molar-refractivity contribution in [2.45, 2.75) is 13.5 Å². The maximum absolute atomic E-state index is 11.9. The summed E-state index contributed by atoms with van der Waals surface area (Å²) in [5.41, 5.74) is 8.11. The van der Waals surface area contributed by atoms with Crippen molar-refractivity contribution in [3.63, 3.8) is 0 Å². The fraction of sp³-hybridized carbons (Fsp3) is 0.188. The molecule has 0 saturated carbocycles. The Morgan fingerprint density at radius 2 is 2.05 bits per heavy atom. The van der Waals surface area contributed by atoms with Crippen molar-refractivity contribution in [1.29, 1.82) is 0 Å². The largest absolute Gasteiger partial charge is 0.483 e. The molecule has 2 rings (SSSR count). The van der Waals surface area contributed by atoms with E-state index in [9.17, 15) is 4.79 Å². The van der Waals surface area contributed by atoms with E-state index in [1.54, 1.807) is 18.2 Å². The van der Waals surface area contributed by atoms with Gasteiger partial charge in [0.25, 0.3) is 5.91 Å². The van der Waals surface area contributed by atoms with Crippen LogP contribution in [0.15, 0.2) is 42.5 Å². The molecule has 0 aliphatic rings. The highest BCUT2D eigenvalue weighted by molar-refractivity contribution is 6.30. The number of nitrogens with two attached hydrogens (primary N) is 1. The lowest BCUT2D eigenvalue weighted by Gasteiger charge is -2.11. The summed E-state index contributed by atoms with van der Waals surface area (Å²) in [6, 6.07) is 12.7. The van der Waals surface area contributed by atoms with E-state index >= 15 is 0 Å². The van der Waals surface area contributed by atoms with Crippen molar-refractivity contribution in [1.82, 2.24) is 0 Å². The Hall–Kier alpha value is -2.04. The molecule has 0 fully saturated rings. The van der Waals surface area contributed by atoms with Crippen molar-refractivity contribution >= 4 is 23.2 Å². The molecule has 0 aromatic heterocycles. The predicted molar refractivity (Wildman–Crippen MR) is 84.6 cm³/mol. The second-order valence-electron chi connectivity index (χ2n) is 4.61. The first-order valence-electron chi connectivity index (χ1n) is 6.57. The number of rotatable bonds is 5. The minimum atomic E-state index is -0.231. The zero-order valence-electron chi connectivity index (χ0n) is 11.7. The first kappa shape index (κ1) is 15.4. The molecule has 3 N–H and O–H groups in total. The highest BCUT2D eigenvalue weighted by Gasteiger charge is 2.08. The Bertz CT molecular complexity index is 644. The van der Waals surface area contributed by atoms with Crippen molar-refractivity contribution in [3.8, 4) is 5.75 Å². The van der Waals surface area contributed by atoms with Crippen molar-refractivity contribution in [2.75, 3.05) is 11.9 Å². The van der Waals surface area contributed by atoms with Gasteiger partial charge < -0.3 is 15.8 Å². The predicted octanol–water partition coefficient (Wildman–Crippen LogP) is 3.12. The molecule has 0 radical (unpaired) electrons. The molecule has 0 spiro atoms. The van der Waals surface area contributed by atoms with Gasteiger partial charge in [-0.25, -0.2) is 0 Å². The summed E-state index contributed by atoms with van der Waals surface area (Å²) in [4.78, 5) is 11.9. The summed E-state index contributed by atoms with van der Waals surface area (Å²) in [6.07, 6.45) is 0. The first-order chi connectivity index (χ1) is 10.1. The number of hydrogen-bond acceptors (Lipinski definition) is 3. The van der Waals surface area contributed by atoms with E-state index in [4.69, 9.17) is 22.1 Å². The maximum Gasteiger partial charge on any atom is 0.262 e. The number of hydrogen-bond donors (Lipinski definition) is 2. The molecule has 0 aliphatic carbocycles. The quantitative estimate of drug-likeness (QED) is 0.892. The zero-order valence-corrected chi connectivity index (χ0v) is 12.5. The maximum atomic E-state index is 11.9. The number of para-hydroxylation sites is 1. The van der Waals surface area contributed by atoms with Gasteiger partial charge in [0.2, 0.25) is 0 Å². The van der Waals surface area contributed by atoms with Crippen LogP contribution >= 0.6 is 11.6 Å². The lowest BCUT2D eigenvalue weighted by molar-refractivity contribution is -0.118. The third-order valence-electron chi connectivity index (χ3n) is 3.01. The molecular formula is C16H17ClN2O2. The minimum Gasteiger partial charge on any atom is -0.483 e. The van der Waals surface area contributed by atoms with Gasteiger partial charge in [0.15, 0.2) is 6.61 Å². The number of carbonyl (C=O) groups excluding carboxylic acids is 1. The molecule has 5 heteroatoms. The smallest absolute Gasteiger partial charge is 0.262 e. The van der Waals surface area contributed by atoms with Crippen LogP contribution in [0.5, 0.6) is 5.75 Å². The van der Waals surface area contributed by atoms with E-state index in [1.165, 1.54) is 0 Å². The van der Waals surface area contributed by atoms with Gasteiger partial charge in [0.1, 0.15) is 5.75 Å². The number of halogens is 1. The summed E-state index contributed by atoms with van der Waals surface area (Å²) in [5.74, 6) is 0.409. The Balaban J connectivity index is 1.96. The SMILES string of the molecule is Cc1cc(Cl)ccc1OCC(=O)Nc1ccccc1CN. The topological polar surface area (TPSA) is 64.3 Å². The molecule has 0 atom stereocenters. The lowest BCUT2D eigenvalue weighted by Crippen LogP contribution is -2.21. The molecular weight excluding hydrogens is 288 g/mol. The van der Waals surface area contributed by atoms with Gasteiger partial charge in [0.05, 0.1) is 0 Å². The zero-order chi connectivity index (χ0) is 15.2. The third kappa shape index (κ3) is 4.21. The minimum absolute atomic E-state index is 0.0681. The second kappa shape index (κ2) is 7.11. The highest BCUT2D eigenvalue weighted by Crippen LogP contribution is 2.21. The van der Waals surface area contributed by atoms with E-state index in [0.717, 1.165) is 11.1 Å². The molecule has 2 aromatic rings. The fourth-order valence-corrected chi connectivity index (χ4v) is 2.15. The number of benzene rings is 2. The van der Waals surface area contributed by atoms with E-state index in [1.807, 2.05) is 31.2 Å². The molecule has 0 heterocycles. The Morgan fingerprint density at radius 3 is 2.76 bits per heavy atom. The van der Waals surface area contributed by atoms with Crippen LogP contribution < -0.4 is 15.8 Å². The summed E-state index contributed by atoms with van der Waals surface area (Å²) in [6.45, 7) is 2.18. The molecule has 21 heavy (non-hydrogen) atoms. The summed E-state index contributed by atoms with van der Waals surface area (Å²) >= 11 is 5.87. The van der Waals surface area contributed by atoms with Gasteiger partial charge >= 0.3 is 0 Å². The Morgan fingerprint density at radius 1 is 1.29 bits per heavy atom. The van der Waals surface area contributed by atoms with Crippen LogP contribution in [0, 0.1) is 6.92 Å². The van der Waals surface area contributed by atoms with Crippen molar-refractivity contribution in [2.24, 2.45) is 5.73 Å². The molecule has 0 unspecified atom stereocenters. The van der Waals surface area contributed by atoms with Crippen molar-refractivity contribution < 1.29 is 9.53 Å². The number of nitrogens with one attached hydrogen (secondary N) is 1. The monoisotopic (exact) mass is 304 g/mol. The van der Waals surface area contributed by atoms with Crippen LogP contribution in [0.2, 0.25) is 5.02 Å². The third-order valence-corrected chi connectivity index (χ3v) is 3.24. The summed E-state index contributed by atoms with van der Waals surface area (Å²) in [5, 5.41) is 3.43. The van der Waals surface area contributed by atoms with Gasteiger partial charge in [-0.1, -0.05) is 29.8 Å². The molecule has 0 saturated heterocycles. The van der Waals surface area contributed by atoms with Gasteiger partial charge in [-0.05, 0) is 42.3 Å². The van der Waals surface area contributed by atoms with Gasteiger partial charge in [-0.2, -0.15) is 0 Å². The van der Waals surface area contributed by atoms with Gasteiger partial charge in [-0.15, -0.1) is 0 Å². The number of ether oxygens (including phenoxy) is 1. The van der Waals surface area contributed by atoms with Crippen LogP contribution in [-0.2, 0) is 11.3 Å². The highest BCUT2D eigenvalue weighted by atomic mass is 35.5. The van der Waals surface area contributed by atoms with Crippen molar-refractivity contribution in [3.05, 3.63) is 58.6 Å². The number of amides is 1. The Kier molecular flexibility index (Phi) is 5.20. The van der Waals surface area contributed by atoms with E-state index in [0.29, 0.717) is 23.0 Å². The van der Waals surface area contributed by atoms with Crippen LogP contribution in [0.25, 0.3) is 0 Å². The standard InChI is InChI=1S/C16H17ClN2O2/c1-11-8-13(17)6-7-15(11)21-10-16(20)19-14-5-3-2-4-12(14)9-18/h2-8H,9-10,18H2,1H3,(H,19,20). The summed E-state index contributed by atoms with van der Waals surface area (Å²) in [7, 11) is 0. The van der Waals surface area contributed by atoms with E-state index in [-0.39, 0.29) is 12.5 Å². The second-order valence-corrected chi connectivity index (χ2v) is 5.04. The molecule has 0 aliphatic heterocycles. The molecule has 1 amide bonds. The number of aryl methyl sites for hydroxylation is 1.